The molecule has 1 amide bonds. The lowest BCUT2D eigenvalue weighted by molar-refractivity contribution is -0.384. The van der Waals surface area contributed by atoms with E-state index in [4.69, 9.17) is 11.6 Å². The predicted molar refractivity (Wildman–Crippen MR) is 90.0 cm³/mol. The molecule has 25 heavy (non-hydrogen) atoms. The Morgan fingerprint density at radius 2 is 1.84 bits per heavy atom. The van der Waals surface area contributed by atoms with Crippen molar-refractivity contribution >= 4 is 28.9 Å². The number of aromatic nitrogens is 4. The monoisotopic (exact) mass is 358 g/mol. The van der Waals surface area contributed by atoms with E-state index in [1.54, 1.807) is 24.3 Å². The van der Waals surface area contributed by atoms with Gasteiger partial charge in [-0.2, -0.15) is 4.80 Å². The number of rotatable bonds is 5. The van der Waals surface area contributed by atoms with Crippen molar-refractivity contribution in [1.82, 2.24) is 20.2 Å². The second kappa shape index (κ2) is 7.05. The second-order valence-corrected chi connectivity index (χ2v) is 5.44. The van der Waals surface area contributed by atoms with Gasteiger partial charge in [0, 0.05) is 28.4 Å². The number of benzene rings is 2. The number of carbonyl (C=O) groups is 1. The molecule has 0 atom stereocenters. The largest absolute Gasteiger partial charge is 0.324 e. The van der Waals surface area contributed by atoms with Crippen LogP contribution in [0.3, 0.4) is 0 Å². The van der Waals surface area contributed by atoms with Crippen LogP contribution in [-0.4, -0.2) is 31.0 Å². The van der Waals surface area contributed by atoms with E-state index >= 15 is 0 Å². The molecule has 1 aromatic heterocycles. The Kier molecular flexibility index (Phi) is 4.66. The third-order valence-corrected chi connectivity index (χ3v) is 3.45. The summed E-state index contributed by atoms with van der Waals surface area (Å²) in [6.07, 6.45) is 0. The Hall–Kier alpha value is -3.33. The van der Waals surface area contributed by atoms with Crippen LogP contribution >= 0.6 is 11.6 Å². The smallest absolute Gasteiger partial charge is 0.269 e. The zero-order valence-electron chi connectivity index (χ0n) is 12.7. The average Bonchev–Trinajstić information content (AvgIpc) is 3.05. The van der Waals surface area contributed by atoms with Crippen LogP contribution in [0.4, 0.5) is 11.4 Å². The van der Waals surface area contributed by atoms with E-state index in [1.807, 2.05) is 0 Å². The summed E-state index contributed by atoms with van der Waals surface area (Å²) in [6, 6.07) is 12.4. The van der Waals surface area contributed by atoms with E-state index in [1.165, 1.54) is 24.3 Å². The maximum absolute atomic E-state index is 12.0. The maximum atomic E-state index is 12.0. The molecule has 3 aromatic rings. The Balaban J connectivity index is 1.65. The van der Waals surface area contributed by atoms with Crippen molar-refractivity contribution in [2.75, 3.05) is 5.32 Å². The molecule has 1 heterocycles. The van der Waals surface area contributed by atoms with Gasteiger partial charge in [-0.05, 0) is 41.6 Å². The molecule has 0 saturated heterocycles. The molecule has 126 valence electrons. The molecule has 0 spiro atoms. The third-order valence-electron chi connectivity index (χ3n) is 3.20. The zero-order valence-corrected chi connectivity index (χ0v) is 13.4. The minimum absolute atomic E-state index is 0.0292. The van der Waals surface area contributed by atoms with Crippen molar-refractivity contribution in [3.8, 4) is 11.4 Å². The van der Waals surface area contributed by atoms with Crippen LogP contribution in [-0.2, 0) is 11.3 Å². The van der Waals surface area contributed by atoms with Crippen LogP contribution in [0.1, 0.15) is 0 Å². The summed E-state index contributed by atoms with van der Waals surface area (Å²) in [5.41, 5.74) is 1.14. The molecule has 0 saturated carbocycles. The summed E-state index contributed by atoms with van der Waals surface area (Å²) in [7, 11) is 0. The van der Waals surface area contributed by atoms with Gasteiger partial charge in [0.1, 0.15) is 6.54 Å². The second-order valence-electron chi connectivity index (χ2n) is 5.00. The van der Waals surface area contributed by atoms with Gasteiger partial charge in [0.15, 0.2) is 0 Å². The van der Waals surface area contributed by atoms with Gasteiger partial charge in [-0.25, -0.2) is 0 Å². The molecule has 1 N–H and O–H groups in total. The third kappa shape index (κ3) is 4.15. The first-order chi connectivity index (χ1) is 12.0. The Morgan fingerprint density at radius 1 is 1.16 bits per heavy atom. The number of amides is 1. The number of halogens is 1. The Labute approximate surface area is 146 Å². The molecule has 3 rings (SSSR count). The van der Waals surface area contributed by atoms with Crippen molar-refractivity contribution in [1.29, 1.82) is 0 Å². The highest BCUT2D eigenvalue weighted by atomic mass is 35.5. The first-order valence-electron chi connectivity index (χ1n) is 7.09. The number of nitrogens with one attached hydrogen (secondary N) is 1. The van der Waals surface area contributed by atoms with E-state index in [0.29, 0.717) is 16.3 Å². The summed E-state index contributed by atoms with van der Waals surface area (Å²) in [5, 5.41) is 25.7. The molecule has 0 fully saturated rings. The molecule has 0 aliphatic rings. The summed E-state index contributed by atoms with van der Waals surface area (Å²) in [5.74, 6) is -0.0517. The fourth-order valence-corrected chi connectivity index (χ4v) is 2.15. The summed E-state index contributed by atoms with van der Waals surface area (Å²) in [6.45, 7) is -0.122. The number of nitro benzene ring substituents is 1. The Bertz CT molecular complexity index is 908. The SMILES string of the molecule is O=C(Cn1nnc(-c2ccc([N+](=O)[O-])cc2)n1)Nc1ccc(Cl)cc1. The lowest BCUT2D eigenvalue weighted by Gasteiger charge is -2.04. The molecule has 9 nitrogen and oxygen atoms in total. The van der Waals surface area contributed by atoms with Crippen molar-refractivity contribution in [3.63, 3.8) is 0 Å². The number of non-ortho nitro benzene ring substituents is 1. The minimum Gasteiger partial charge on any atom is -0.324 e. The number of nitro groups is 1. The highest BCUT2D eigenvalue weighted by Gasteiger charge is 2.11. The number of nitrogens with zero attached hydrogens (tertiary/aromatic N) is 5. The lowest BCUT2D eigenvalue weighted by Crippen LogP contribution is -2.20. The van der Waals surface area contributed by atoms with Gasteiger partial charge in [0.2, 0.25) is 11.7 Å². The first-order valence-corrected chi connectivity index (χ1v) is 7.47. The summed E-state index contributed by atoms with van der Waals surface area (Å²) >= 11 is 5.78. The van der Waals surface area contributed by atoms with Crippen LogP contribution < -0.4 is 5.32 Å². The van der Waals surface area contributed by atoms with Gasteiger partial charge in [-0.3, -0.25) is 14.9 Å². The molecule has 2 aromatic carbocycles. The molecule has 0 radical (unpaired) electrons. The summed E-state index contributed by atoms with van der Waals surface area (Å²) < 4.78 is 0. The van der Waals surface area contributed by atoms with E-state index in [9.17, 15) is 14.9 Å². The molecule has 0 bridgehead atoms. The van der Waals surface area contributed by atoms with Crippen molar-refractivity contribution < 1.29 is 9.72 Å². The van der Waals surface area contributed by atoms with Gasteiger partial charge in [-0.15, -0.1) is 10.2 Å². The molecular formula is C15H11ClN6O3. The molecular weight excluding hydrogens is 348 g/mol. The van der Waals surface area contributed by atoms with Crippen molar-refractivity contribution in [3.05, 3.63) is 63.7 Å². The Morgan fingerprint density at radius 3 is 2.48 bits per heavy atom. The van der Waals surface area contributed by atoms with E-state index in [0.717, 1.165) is 4.80 Å². The number of carbonyl (C=O) groups excluding carboxylic acids is 1. The standard InChI is InChI=1S/C15H11ClN6O3/c16-11-3-5-12(6-4-11)17-14(23)9-21-19-15(18-20-21)10-1-7-13(8-2-10)22(24)25/h1-8H,9H2,(H,17,23). The fourth-order valence-electron chi connectivity index (χ4n) is 2.02. The van der Waals surface area contributed by atoms with E-state index in [-0.39, 0.29) is 24.0 Å². The first kappa shape index (κ1) is 16.5. The molecule has 0 unspecified atom stereocenters. The normalized spacial score (nSPS) is 10.4. The van der Waals surface area contributed by atoms with Crippen molar-refractivity contribution in [2.45, 2.75) is 6.54 Å². The van der Waals surface area contributed by atoms with Crippen molar-refractivity contribution in [2.24, 2.45) is 0 Å². The van der Waals surface area contributed by atoms with Crippen LogP contribution in [0.5, 0.6) is 0 Å². The average molecular weight is 359 g/mol. The zero-order chi connectivity index (χ0) is 17.8. The van der Waals surface area contributed by atoms with Crippen LogP contribution in [0, 0.1) is 10.1 Å². The predicted octanol–water partition coefficient (Wildman–Crippen LogP) is 2.54. The maximum Gasteiger partial charge on any atom is 0.269 e. The quantitative estimate of drug-likeness (QED) is 0.553. The van der Waals surface area contributed by atoms with Gasteiger partial charge in [0.05, 0.1) is 4.92 Å². The van der Waals surface area contributed by atoms with Gasteiger partial charge < -0.3 is 5.32 Å². The highest BCUT2D eigenvalue weighted by molar-refractivity contribution is 6.30. The fraction of sp³-hybridized carbons (Fsp3) is 0.0667. The molecule has 0 aliphatic carbocycles. The lowest BCUT2D eigenvalue weighted by atomic mass is 10.2. The number of anilines is 1. The topological polar surface area (TPSA) is 116 Å². The van der Waals surface area contributed by atoms with Gasteiger partial charge in [-0.1, -0.05) is 11.6 Å². The van der Waals surface area contributed by atoms with Gasteiger partial charge >= 0.3 is 0 Å². The minimum atomic E-state index is -0.491. The van der Waals surface area contributed by atoms with E-state index in [2.05, 4.69) is 20.7 Å². The summed E-state index contributed by atoms with van der Waals surface area (Å²) in [4.78, 5) is 23.3. The van der Waals surface area contributed by atoms with Crippen LogP contribution in [0.15, 0.2) is 48.5 Å². The number of hydrogen-bond donors (Lipinski definition) is 1. The van der Waals surface area contributed by atoms with Crippen LogP contribution in [0.25, 0.3) is 11.4 Å². The number of hydrogen-bond acceptors (Lipinski definition) is 6. The molecule has 10 heteroatoms. The van der Waals surface area contributed by atoms with Crippen LogP contribution in [0.2, 0.25) is 5.02 Å². The highest BCUT2D eigenvalue weighted by Crippen LogP contribution is 2.18. The number of tetrazole rings is 1. The molecule has 0 aliphatic heterocycles. The van der Waals surface area contributed by atoms with Gasteiger partial charge in [0.25, 0.3) is 5.69 Å². The van der Waals surface area contributed by atoms with E-state index < -0.39 is 4.92 Å².